The monoisotopic (exact) mass is 331 g/mol. The molecule has 7 heteroatoms. The first-order valence-electron chi connectivity index (χ1n) is 8.44. The van der Waals surface area contributed by atoms with Crippen LogP contribution in [0.1, 0.15) is 51.9 Å². The summed E-state index contributed by atoms with van der Waals surface area (Å²) in [5.74, 6) is 0. The first kappa shape index (κ1) is 17.5. The van der Waals surface area contributed by atoms with Crippen LogP contribution in [0.3, 0.4) is 0 Å². The maximum atomic E-state index is 12.5. The van der Waals surface area contributed by atoms with Crippen molar-refractivity contribution in [3.8, 4) is 0 Å². The largest absolute Gasteiger partial charge is 0.334 e. The number of rotatable bonds is 4. The fraction of sp³-hybridized carbons (Fsp3) is 0.933. The Morgan fingerprint density at radius 2 is 1.86 bits per heavy atom. The molecule has 1 saturated carbocycles. The fourth-order valence-electron chi connectivity index (χ4n) is 3.58. The van der Waals surface area contributed by atoms with E-state index in [1.165, 1.54) is 29.8 Å². The summed E-state index contributed by atoms with van der Waals surface area (Å²) in [5.41, 5.74) is 0. The Morgan fingerprint density at radius 1 is 1.18 bits per heavy atom. The average Bonchev–Trinajstić information content (AvgIpc) is 2.48. The van der Waals surface area contributed by atoms with Gasteiger partial charge < -0.3 is 10.2 Å². The van der Waals surface area contributed by atoms with Gasteiger partial charge in [-0.25, -0.2) is 17.5 Å². The molecule has 0 radical (unpaired) electrons. The first-order valence-corrected chi connectivity index (χ1v) is 10.3. The Balaban J connectivity index is 1.92. The van der Waals surface area contributed by atoms with Gasteiger partial charge in [-0.15, -0.1) is 0 Å². The van der Waals surface area contributed by atoms with Gasteiger partial charge in [-0.3, -0.25) is 0 Å². The first-order chi connectivity index (χ1) is 10.4. The molecule has 1 N–H and O–H groups in total. The Labute approximate surface area is 134 Å². The summed E-state index contributed by atoms with van der Waals surface area (Å²) >= 11 is 0. The highest BCUT2D eigenvalue weighted by molar-refractivity contribution is 7.88. The number of amides is 2. The van der Waals surface area contributed by atoms with Crippen LogP contribution < -0.4 is 5.32 Å². The molecule has 1 atom stereocenters. The number of hydrogen-bond donors (Lipinski definition) is 1. The van der Waals surface area contributed by atoms with Gasteiger partial charge in [-0.1, -0.05) is 19.3 Å². The number of carbonyl (C=O) groups excluding carboxylic acids is 1. The van der Waals surface area contributed by atoms with Gasteiger partial charge in [0.2, 0.25) is 10.0 Å². The molecule has 2 rings (SSSR count). The molecule has 2 fully saturated rings. The predicted molar refractivity (Wildman–Crippen MR) is 87.2 cm³/mol. The van der Waals surface area contributed by atoms with Gasteiger partial charge in [-0.05, 0) is 32.6 Å². The van der Waals surface area contributed by atoms with Crippen LogP contribution in [-0.2, 0) is 10.0 Å². The van der Waals surface area contributed by atoms with E-state index in [1.54, 1.807) is 0 Å². The van der Waals surface area contributed by atoms with E-state index in [0.717, 1.165) is 25.7 Å². The maximum absolute atomic E-state index is 12.5. The van der Waals surface area contributed by atoms with E-state index in [-0.39, 0.29) is 12.1 Å². The van der Waals surface area contributed by atoms with Crippen molar-refractivity contribution in [1.29, 1.82) is 0 Å². The van der Waals surface area contributed by atoms with Crippen LogP contribution in [0.5, 0.6) is 0 Å². The van der Waals surface area contributed by atoms with Crippen LogP contribution in [0.15, 0.2) is 0 Å². The van der Waals surface area contributed by atoms with E-state index in [9.17, 15) is 13.2 Å². The smallest absolute Gasteiger partial charge is 0.317 e. The molecular weight excluding hydrogens is 302 g/mol. The number of hydrogen-bond acceptors (Lipinski definition) is 3. The van der Waals surface area contributed by atoms with Crippen molar-refractivity contribution >= 4 is 16.1 Å². The zero-order valence-electron chi connectivity index (χ0n) is 13.8. The van der Waals surface area contributed by atoms with E-state index >= 15 is 0 Å². The second-order valence-corrected chi connectivity index (χ2v) is 8.47. The summed E-state index contributed by atoms with van der Waals surface area (Å²) in [6.45, 7) is 3.68. The van der Waals surface area contributed by atoms with Crippen LogP contribution in [0.4, 0.5) is 4.79 Å². The topological polar surface area (TPSA) is 69.7 Å². The highest BCUT2D eigenvalue weighted by Crippen LogP contribution is 2.23. The van der Waals surface area contributed by atoms with Crippen LogP contribution in [-0.4, -0.2) is 61.6 Å². The molecule has 2 amide bonds. The third kappa shape index (κ3) is 4.59. The number of carbonyl (C=O) groups is 1. The highest BCUT2D eigenvalue weighted by atomic mass is 32.2. The summed E-state index contributed by atoms with van der Waals surface area (Å²) in [4.78, 5) is 14.5. The normalized spacial score (nSPS) is 24.9. The van der Waals surface area contributed by atoms with Gasteiger partial charge in [0.25, 0.3) is 0 Å². The molecule has 1 saturated heterocycles. The predicted octanol–water partition coefficient (Wildman–Crippen LogP) is 1.77. The van der Waals surface area contributed by atoms with Crippen LogP contribution in [0, 0.1) is 0 Å². The minimum absolute atomic E-state index is 0.0326. The van der Waals surface area contributed by atoms with Crippen molar-refractivity contribution in [3.63, 3.8) is 0 Å². The lowest BCUT2D eigenvalue weighted by molar-refractivity contribution is 0.152. The molecule has 128 valence electrons. The van der Waals surface area contributed by atoms with Gasteiger partial charge in [0.15, 0.2) is 0 Å². The second-order valence-electron chi connectivity index (χ2n) is 6.49. The summed E-state index contributed by atoms with van der Waals surface area (Å²) in [6.07, 6.45) is 8.70. The molecule has 0 aromatic carbocycles. The van der Waals surface area contributed by atoms with Crippen LogP contribution in [0.25, 0.3) is 0 Å². The third-order valence-corrected chi connectivity index (χ3v) is 6.07. The van der Waals surface area contributed by atoms with Gasteiger partial charge in [0.1, 0.15) is 0 Å². The molecule has 1 heterocycles. The second kappa shape index (κ2) is 7.64. The summed E-state index contributed by atoms with van der Waals surface area (Å²) in [5, 5.41) is 3.05. The zero-order chi connectivity index (χ0) is 16.2. The van der Waals surface area contributed by atoms with E-state index < -0.39 is 10.0 Å². The number of piperidine rings is 1. The minimum atomic E-state index is -3.17. The number of nitrogens with zero attached hydrogens (tertiary/aromatic N) is 2. The highest BCUT2D eigenvalue weighted by Gasteiger charge is 2.29. The Hall–Kier alpha value is -0.820. The molecular formula is C15H29N3O3S. The minimum Gasteiger partial charge on any atom is -0.334 e. The van der Waals surface area contributed by atoms with Gasteiger partial charge >= 0.3 is 6.03 Å². The molecule has 2 aliphatic rings. The van der Waals surface area contributed by atoms with Crippen LogP contribution >= 0.6 is 0 Å². The standard InChI is InChI=1S/C15H29N3O3S/c1-3-18(14-9-5-4-6-10-14)15(19)16-13-8-7-11-17(12-13)22(2,20)21/h13-14H,3-12H2,1-2H3,(H,16,19). The maximum Gasteiger partial charge on any atom is 0.317 e. The molecule has 6 nitrogen and oxygen atoms in total. The van der Waals surface area contributed by atoms with Crippen molar-refractivity contribution in [3.05, 3.63) is 0 Å². The molecule has 1 aliphatic carbocycles. The Kier molecular flexibility index (Phi) is 6.09. The van der Waals surface area contributed by atoms with Crippen molar-refractivity contribution in [2.75, 3.05) is 25.9 Å². The van der Waals surface area contributed by atoms with Gasteiger partial charge in [-0.2, -0.15) is 0 Å². The number of urea groups is 1. The molecule has 0 aromatic heterocycles. The van der Waals surface area contributed by atoms with Crippen molar-refractivity contribution in [2.45, 2.75) is 64.0 Å². The quantitative estimate of drug-likeness (QED) is 0.853. The van der Waals surface area contributed by atoms with Crippen LogP contribution in [0.2, 0.25) is 0 Å². The molecule has 1 unspecified atom stereocenters. The van der Waals surface area contributed by atoms with Gasteiger partial charge in [0, 0.05) is 31.7 Å². The number of sulfonamides is 1. The molecule has 1 aliphatic heterocycles. The molecule has 0 bridgehead atoms. The van der Waals surface area contributed by atoms with Crippen molar-refractivity contribution in [2.24, 2.45) is 0 Å². The van der Waals surface area contributed by atoms with Crippen molar-refractivity contribution in [1.82, 2.24) is 14.5 Å². The summed E-state index contributed by atoms with van der Waals surface area (Å²) < 4.78 is 24.8. The summed E-state index contributed by atoms with van der Waals surface area (Å²) in [7, 11) is -3.17. The molecule has 0 aromatic rings. The number of nitrogens with one attached hydrogen (secondary N) is 1. The zero-order valence-corrected chi connectivity index (χ0v) is 14.6. The lowest BCUT2D eigenvalue weighted by atomic mass is 9.94. The van der Waals surface area contributed by atoms with E-state index in [1.807, 2.05) is 11.8 Å². The molecule has 0 spiro atoms. The SMILES string of the molecule is CCN(C(=O)NC1CCCN(S(C)(=O)=O)C1)C1CCCCC1. The van der Waals surface area contributed by atoms with E-state index in [4.69, 9.17) is 0 Å². The Morgan fingerprint density at radius 3 is 2.45 bits per heavy atom. The lowest BCUT2D eigenvalue weighted by Gasteiger charge is -2.36. The lowest BCUT2D eigenvalue weighted by Crippen LogP contribution is -2.54. The fourth-order valence-corrected chi connectivity index (χ4v) is 4.49. The Bertz CT molecular complexity index is 474. The van der Waals surface area contributed by atoms with E-state index in [0.29, 0.717) is 25.7 Å². The summed E-state index contributed by atoms with van der Waals surface area (Å²) in [6, 6.07) is 0.233. The third-order valence-electron chi connectivity index (χ3n) is 4.80. The van der Waals surface area contributed by atoms with Crippen molar-refractivity contribution < 1.29 is 13.2 Å². The molecule has 22 heavy (non-hydrogen) atoms. The van der Waals surface area contributed by atoms with E-state index in [2.05, 4.69) is 5.32 Å². The van der Waals surface area contributed by atoms with Gasteiger partial charge in [0.05, 0.1) is 6.26 Å². The average molecular weight is 331 g/mol.